The van der Waals surface area contributed by atoms with Crippen molar-refractivity contribution in [2.75, 3.05) is 25.3 Å². The lowest BCUT2D eigenvalue weighted by Gasteiger charge is -2.12. The molecule has 15 heavy (non-hydrogen) atoms. The van der Waals surface area contributed by atoms with Gasteiger partial charge >= 0.3 is 0 Å². The highest BCUT2D eigenvalue weighted by Gasteiger charge is 2.01. The molecule has 84 valence electrons. The van der Waals surface area contributed by atoms with E-state index in [1.807, 2.05) is 43.3 Å². The largest absolute Gasteiger partial charge is 0.378 e. The summed E-state index contributed by atoms with van der Waals surface area (Å²) < 4.78 is 24.2. The molecule has 0 spiro atoms. The molecule has 0 bridgehead atoms. The standard InChI is InChI=1S/C10H16N2O2S/c1-12(2)10-6-4-9(5-7-10)8-11-15(3,13)14/h4-7,11H,8H2,1-3H3. The normalized spacial score (nSPS) is 11.4. The number of rotatable bonds is 4. The Morgan fingerprint density at radius 2 is 1.73 bits per heavy atom. The summed E-state index contributed by atoms with van der Waals surface area (Å²) in [6, 6.07) is 7.74. The van der Waals surface area contributed by atoms with Crippen LogP contribution < -0.4 is 9.62 Å². The Hall–Kier alpha value is -1.07. The molecule has 1 aromatic carbocycles. The number of nitrogens with zero attached hydrogens (tertiary/aromatic N) is 1. The van der Waals surface area contributed by atoms with Crippen molar-refractivity contribution in [1.82, 2.24) is 4.72 Å². The maximum Gasteiger partial charge on any atom is 0.209 e. The Balaban J connectivity index is 2.65. The molecule has 1 rings (SSSR count). The van der Waals surface area contributed by atoms with E-state index in [9.17, 15) is 8.42 Å². The third-order valence-electron chi connectivity index (χ3n) is 1.99. The molecular weight excluding hydrogens is 212 g/mol. The van der Waals surface area contributed by atoms with Gasteiger partial charge in [-0.3, -0.25) is 0 Å². The van der Waals surface area contributed by atoms with Crippen LogP contribution in [-0.2, 0) is 16.6 Å². The molecule has 0 aliphatic carbocycles. The summed E-state index contributed by atoms with van der Waals surface area (Å²) in [7, 11) is 0.815. The smallest absolute Gasteiger partial charge is 0.209 e. The molecule has 1 aromatic rings. The van der Waals surface area contributed by atoms with Gasteiger partial charge in [0.2, 0.25) is 10.0 Å². The molecule has 0 aromatic heterocycles. The molecule has 1 N–H and O–H groups in total. The Morgan fingerprint density at radius 1 is 1.20 bits per heavy atom. The van der Waals surface area contributed by atoms with E-state index in [0.717, 1.165) is 17.5 Å². The number of sulfonamides is 1. The van der Waals surface area contributed by atoms with E-state index < -0.39 is 10.0 Å². The van der Waals surface area contributed by atoms with Crippen LogP contribution in [0.2, 0.25) is 0 Å². The van der Waals surface area contributed by atoms with E-state index in [0.29, 0.717) is 6.54 Å². The Morgan fingerprint density at radius 3 is 2.13 bits per heavy atom. The molecule has 5 heteroatoms. The number of hydrogen-bond acceptors (Lipinski definition) is 3. The summed E-state index contributed by atoms with van der Waals surface area (Å²) in [4.78, 5) is 1.99. The molecule has 0 unspecified atom stereocenters. The number of anilines is 1. The van der Waals surface area contributed by atoms with E-state index in [4.69, 9.17) is 0 Å². The lowest BCUT2D eigenvalue weighted by atomic mass is 10.2. The van der Waals surface area contributed by atoms with E-state index in [2.05, 4.69) is 4.72 Å². The van der Waals surface area contributed by atoms with Gasteiger partial charge in [-0.15, -0.1) is 0 Å². The molecule has 0 radical (unpaired) electrons. The van der Waals surface area contributed by atoms with Crippen LogP contribution in [0.3, 0.4) is 0 Å². The first kappa shape index (κ1) is 12.0. The van der Waals surface area contributed by atoms with Crippen LogP contribution in [0, 0.1) is 0 Å². The summed E-state index contributed by atoms with van der Waals surface area (Å²) >= 11 is 0. The van der Waals surface area contributed by atoms with Crippen molar-refractivity contribution < 1.29 is 8.42 Å². The zero-order valence-electron chi connectivity index (χ0n) is 9.19. The van der Waals surface area contributed by atoms with Crippen LogP contribution in [0.5, 0.6) is 0 Å². The van der Waals surface area contributed by atoms with Gasteiger partial charge in [-0.25, -0.2) is 13.1 Å². The fraction of sp³-hybridized carbons (Fsp3) is 0.400. The van der Waals surface area contributed by atoms with Crippen LogP contribution in [-0.4, -0.2) is 28.8 Å². The lowest BCUT2D eigenvalue weighted by Crippen LogP contribution is -2.21. The minimum Gasteiger partial charge on any atom is -0.378 e. The van der Waals surface area contributed by atoms with E-state index >= 15 is 0 Å². The summed E-state index contributed by atoms with van der Waals surface area (Å²) in [6.45, 7) is 0.340. The summed E-state index contributed by atoms with van der Waals surface area (Å²) in [5, 5.41) is 0. The molecule has 0 atom stereocenters. The third kappa shape index (κ3) is 4.31. The predicted molar refractivity (Wildman–Crippen MR) is 62.5 cm³/mol. The molecular formula is C10H16N2O2S. The van der Waals surface area contributed by atoms with Crippen molar-refractivity contribution in [2.45, 2.75) is 6.54 Å². The Labute approximate surface area is 91.0 Å². The average Bonchev–Trinajstić information content (AvgIpc) is 2.14. The SMILES string of the molecule is CN(C)c1ccc(CNS(C)(=O)=O)cc1. The summed E-state index contributed by atoms with van der Waals surface area (Å²) in [5.41, 5.74) is 2.05. The van der Waals surface area contributed by atoms with Crippen LogP contribution in [0.1, 0.15) is 5.56 Å². The maximum absolute atomic E-state index is 10.9. The van der Waals surface area contributed by atoms with Crippen molar-refractivity contribution in [2.24, 2.45) is 0 Å². The summed E-state index contributed by atoms with van der Waals surface area (Å²) in [5.74, 6) is 0. The van der Waals surface area contributed by atoms with Crippen LogP contribution in [0.4, 0.5) is 5.69 Å². The first-order valence-electron chi connectivity index (χ1n) is 4.59. The van der Waals surface area contributed by atoms with Gasteiger partial charge in [0.15, 0.2) is 0 Å². The first-order valence-corrected chi connectivity index (χ1v) is 6.48. The Kier molecular flexibility index (Phi) is 3.71. The van der Waals surface area contributed by atoms with Gasteiger partial charge < -0.3 is 4.90 Å². The molecule has 0 saturated heterocycles. The maximum atomic E-state index is 10.9. The topological polar surface area (TPSA) is 49.4 Å². The van der Waals surface area contributed by atoms with Crippen LogP contribution >= 0.6 is 0 Å². The highest BCUT2D eigenvalue weighted by atomic mass is 32.2. The minimum absolute atomic E-state index is 0.340. The second kappa shape index (κ2) is 4.63. The highest BCUT2D eigenvalue weighted by molar-refractivity contribution is 7.88. The van der Waals surface area contributed by atoms with Crippen molar-refractivity contribution in [3.8, 4) is 0 Å². The van der Waals surface area contributed by atoms with Gasteiger partial charge in [-0.05, 0) is 17.7 Å². The van der Waals surface area contributed by atoms with Crippen molar-refractivity contribution in [1.29, 1.82) is 0 Å². The lowest BCUT2D eigenvalue weighted by molar-refractivity contribution is 0.587. The highest BCUT2D eigenvalue weighted by Crippen LogP contribution is 2.11. The van der Waals surface area contributed by atoms with Crippen molar-refractivity contribution >= 4 is 15.7 Å². The molecule has 0 aliphatic rings. The van der Waals surface area contributed by atoms with E-state index in [1.54, 1.807) is 0 Å². The second-order valence-corrected chi connectivity index (χ2v) is 5.49. The second-order valence-electron chi connectivity index (χ2n) is 3.65. The minimum atomic E-state index is -3.11. The zero-order valence-corrected chi connectivity index (χ0v) is 10.0. The summed E-state index contributed by atoms with van der Waals surface area (Å²) in [6.07, 6.45) is 1.15. The van der Waals surface area contributed by atoms with Gasteiger partial charge in [0.1, 0.15) is 0 Å². The fourth-order valence-corrected chi connectivity index (χ4v) is 1.56. The zero-order chi connectivity index (χ0) is 11.5. The van der Waals surface area contributed by atoms with Gasteiger partial charge in [0.25, 0.3) is 0 Å². The Bertz CT molecular complexity index is 410. The van der Waals surface area contributed by atoms with Gasteiger partial charge in [-0.1, -0.05) is 12.1 Å². The van der Waals surface area contributed by atoms with Gasteiger partial charge in [-0.2, -0.15) is 0 Å². The van der Waals surface area contributed by atoms with E-state index in [-0.39, 0.29) is 0 Å². The van der Waals surface area contributed by atoms with Gasteiger partial charge in [0.05, 0.1) is 6.26 Å². The number of nitrogens with one attached hydrogen (secondary N) is 1. The molecule has 0 saturated carbocycles. The predicted octanol–water partition coefficient (Wildman–Crippen LogP) is 0.802. The number of hydrogen-bond donors (Lipinski definition) is 1. The molecule has 4 nitrogen and oxygen atoms in total. The molecule has 0 fully saturated rings. The molecule has 0 heterocycles. The van der Waals surface area contributed by atoms with Crippen LogP contribution in [0.25, 0.3) is 0 Å². The average molecular weight is 228 g/mol. The molecule has 0 aliphatic heterocycles. The monoisotopic (exact) mass is 228 g/mol. The van der Waals surface area contributed by atoms with E-state index in [1.165, 1.54) is 0 Å². The third-order valence-corrected chi connectivity index (χ3v) is 2.66. The van der Waals surface area contributed by atoms with Crippen LogP contribution in [0.15, 0.2) is 24.3 Å². The van der Waals surface area contributed by atoms with Crippen molar-refractivity contribution in [3.63, 3.8) is 0 Å². The van der Waals surface area contributed by atoms with Crippen molar-refractivity contribution in [3.05, 3.63) is 29.8 Å². The molecule has 0 amide bonds. The number of benzene rings is 1. The fourth-order valence-electron chi connectivity index (χ4n) is 1.13. The van der Waals surface area contributed by atoms with Gasteiger partial charge in [0, 0.05) is 26.3 Å². The quantitative estimate of drug-likeness (QED) is 0.829. The first-order chi connectivity index (χ1) is 6.88.